The van der Waals surface area contributed by atoms with Crippen molar-refractivity contribution in [3.63, 3.8) is 0 Å². The zero-order chi connectivity index (χ0) is 18.5. The van der Waals surface area contributed by atoms with Gasteiger partial charge in [0.15, 0.2) is 0 Å². The maximum Gasteiger partial charge on any atom is 0.254 e. The van der Waals surface area contributed by atoms with Crippen molar-refractivity contribution < 1.29 is 4.79 Å². The van der Waals surface area contributed by atoms with Gasteiger partial charge in [0.25, 0.3) is 5.91 Å². The van der Waals surface area contributed by atoms with Crippen LogP contribution in [0.3, 0.4) is 0 Å². The summed E-state index contributed by atoms with van der Waals surface area (Å²) >= 11 is 0. The fourth-order valence-electron chi connectivity index (χ4n) is 2.61. The van der Waals surface area contributed by atoms with Gasteiger partial charge < -0.3 is 10.6 Å². The summed E-state index contributed by atoms with van der Waals surface area (Å²) in [5.74, 6) is 0.277. The number of rotatable bonds is 5. The lowest BCUT2D eigenvalue weighted by Crippen LogP contribution is -2.23. The van der Waals surface area contributed by atoms with Crippen LogP contribution in [0.2, 0.25) is 0 Å². The zero-order valence-corrected chi connectivity index (χ0v) is 15.2. The Morgan fingerprint density at radius 1 is 0.962 bits per heavy atom. The molecular weight excluding hydrogens is 324 g/mol. The van der Waals surface area contributed by atoms with Crippen LogP contribution in [-0.2, 0) is 6.54 Å². The number of anilines is 2. The van der Waals surface area contributed by atoms with E-state index in [4.69, 9.17) is 0 Å². The molecule has 3 aromatic rings. The van der Waals surface area contributed by atoms with Crippen LogP contribution >= 0.6 is 0 Å². The standard InChI is InChI=1S/C21H22N4O/c1-14-5-4-6-17(9-14)11-22-20(26)18-12-23-21(24-13-18)25-19-10-15(2)7-8-16(19)3/h4-10,12-13H,11H2,1-3H3,(H,22,26)(H,23,24,25). The summed E-state index contributed by atoms with van der Waals surface area (Å²) in [6.45, 7) is 6.56. The van der Waals surface area contributed by atoms with Gasteiger partial charge in [-0.25, -0.2) is 9.97 Å². The minimum atomic E-state index is -0.190. The molecular formula is C21H22N4O. The molecule has 2 N–H and O–H groups in total. The second-order valence-corrected chi connectivity index (χ2v) is 6.41. The highest BCUT2D eigenvalue weighted by atomic mass is 16.1. The maximum absolute atomic E-state index is 12.3. The van der Waals surface area contributed by atoms with Crippen molar-refractivity contribution in [2.75, 3.05) is 5.32 Å². The molecule has 132 valence electrons. The fraction of sp³-hybridized carbons (Fsp3) is 0.190. The van der Waals surface area contributed by atoms with E-state index in [0.29, 0.717) is 18.1 Å². The molecule has 0 fully saturated rings. The SMILES string of the molecule is Cc1cccc(CNC(=O)c2cnc(Nc3cc(C)ccc3C)nc2)c1. The van der Waals surface area contributed by atoms with Crippen LogP contribution in [0, 0.1) is 20.8 Å². The maximum atomic E-state index is 12.3. The van der Waals surface area contributed by atoms with Crippen LogP contribution in [0.4, 0.5) is 11.6 Å². The summed E-state index contributed by atoms with van der Waals surface area (Å²) < 4.78 is 0. The molecule has 5 nitrogen and oxygen atoms in total. The molecule has 0 spiro atoms. The van der Waals surface area contributed by atoms with Gasteiger partial charge >= 0.3 is 0 Å². The van der Waals surface area contributed by atoms with Gasteiger partial charge in [0.2, 0.25) is 5.95 Å². The molecule has 0 radical (unpaired) electrons. The Labute approximate surface area is 153 Å². The third-order valence-corrected chi connectivity index (χ3v) is 4.09. The molecule has 2 aromatic carbocycles. The highest BCUT2D eigenvalue weighted by molar-refractivity contribution is 5.93. The van der Waals surface area contributed by atoms with Crippen molar-refractivity contribution >= 4 is 17.5 Å². The van der Waals surface area contributed by atoms with E-state index in [0.717, 1.165) is 22.4 Å². The second kappa shape index (κ2) is 7.78. The number of hydrogen-bond donors (Lipinski definition) is 2. The van der Waals surface area contributed by atoms with E-state index in [2.05, 4.69) is 26.7 Å². The van der Waals surface area contributed by atoms with E-state index >= 15 is 0 Å². The Hall–Kier alpha value is -3.21. The number of carbonyl (C=O) groups is 1. The van der Waals surface area contributed by atoms with Gasteiger partial charge in [0, 0.05) is 24.6 Å². The van der Waals surface area contributed by atoms with Crippen molar-refractivity contribution in [3.05, 3.63) is 82.7 Å². The van der Waals surface area contributed by atoms with Crippen LogP contribution in [-0.4, -0.2) is 15.9 Å². The van der Waals surface area contributed by atoms with E-state index in [1.807, 2.05) is 57.2 Å². The molecule has 0 atom stereocenters. The predicted molar refractivity (Wildman–Crippen MR) is 104 cm³/mol. The van der Waals surface area contributed by atoms with Crippen LogP contribution in [0.25, 0.3) is 0 Å². The Bertz CT molecular complexity index is 920. The molecule has 0 bridgehead atoms. The number of aryl methyl sites for hydroxylation is 3. The number of benzene rings is 2. The fourth-order valence-corrected chi connectivity index (χ4v) is 2.61. The lowest BCUT2D eigenvalue weighted by atomic mass is 10.1. The van der Waals surface area contributed by atoms with Crippen LogP contribution in [0.5, 0.6) is 0 Å². The van der Waals surface area contributed by atoms with E-state index in [1.54, 1.807) is 0 Å². The number of nitrogens with zero attached hydrogens (tertiary/aromatic N) is 2. The minimum absolute atomic E-state index is 0.190. The van der Waals surface area contributed by atoms with Crippen molar-refractivity contribution in [3.8, 4) is 0 Å². The van der Waals surface area contributed by atoms with Gasteiger partial charge in [-0.05, 0) is 43.5 Å². The first-order valence-electron chi connectivity index (χ1n) is 8.51. The summed E-state index contributed by atoms with van der Waals surface area (Å²) in [5, 5.41) is 6.08. The molecule has 0 aliphatic carbocycles. The molecule has 3 rings (SSSR count). The summed E-state index contributed by atoms with van der Waals surface area (Å²) in [6, 6.07) is 14.2. The Morgan fingerprint density at radius 3 is 2.42 bits per heavy atom. The molecule has 0 aliphatic rings. The van der Waals surface area contributed by atoms with Gasteiger partial charge in [-0.3, -0.25) is 4.79 Å². The quantitative estimate of drug-likeness (QED) is 0.731. The third kappa shape index (κ3) is 4.45. The first kappa shape index (κ1) is 17.6. The molecule has 0 aliphatic heterocycles. The lowest BCUT2D eigenvalue weighted by Gasteiger charge is -2.10. The van der Waals surface area contributed by atoms with Gasteiger partial charge in [-0.15, -0.1) is 0 Å². The first-order valence-corrected chi connectivity index (χ1v) is 8.51. The van der Waals surface area contributed by atoms with Crippen LogP contribution in [0.1, 0.15) is 32.6 Å². The average Bonchev–Trinajstić information content (AvgIpc) is 2.63. The number of carbonyl (C=O) groups excluding carboxylic acids is 1. The first-order chi connectivity index (χ1) is 12.5. The molecule has 1 heterocycles. The zero-order valence-electron chi connectivity index (χ0n) is 15.2. The minimum Gasteiger partial charge on any atom is -0.348 e. The molecule has 0 saturated carbocycles. The van der Waals surface area contributed by atoms with E-state index < -0.39 is 0 Å². The summed E-state index contributed by atoms with van der Waals surface area (Å²) in [4.78, 5) is 20.8. The number of aromatic nitrogens is 2. The van der Waals surface area contributed by atoms with Crippen LogP contribution in [0.15, 0.2) is 54.9 Å². The number of hydrogen-bond acceptors (Lipinski definition) is 4. The summed E-state index contributed by atoms with van der Waals surface area (Å²) in [6.07, 6.45) is 3.07. The van der Waals surface area contributed by atoms with E-state index in [-0.39, 0.29) is 5.91 Å². The predicted octanol–water partition coefficient (Wildman–Crippen LogP) is 4.08. The lowest BCUT2D eigenvalue weighted by molar-refractivity contribution is 0.0950. The topological polar surface area (TPSA) is 66.9 Å². The third-order valence-electron chi connectivity index (χ3n) is 4.09. The van der Waals surface area contributed by atoms with E-state index in [1.165, 1.54) is 18.0 Å². The molecule has 5 heteroatoms. The van der Waals surface area contributed by atoms with Crippen molar-refractivity contribution in [1.29, 1.82) is 0 Å². The van der Waals surface area contributed by atoms with E-state index in [9.17, 15) is 4.79 Å². The molecule has 26 heavy (non-hydrogen) atoms. The Morgan fingerprint density at radius 2 is 1.69 bits per heavy atom. The highest BCUT2D eigenvalue weighted by Gasteiger charge is 2.08. The van der Waals surface area contributed by atoms with Gasteiger partial charge in [0.1, 0.15) is 0 Å². The Balaban J connectivity index is 1.63. The molecule has 1 aromatic heterocycles. The van der Waals surface area contributed by atoms with Crippen molar-refractivity contribution in [1.82, 2.24) is 15.3 Å². The summed E-state index contributed by atoms with van der Waals surface area (Å²) in [7, 11) is 0. The monoisotopic (exact) mass is 346 g/mol. The number of amides is 1. The second-order valence-electron chi connectivity index (χ2n) is 6.41. The molecule has 0 unspecified atom stereocenters. The van der Waals surface area contributed by atoms with Crippen molar-refractivity contribution in [2.45, 2.75) is 27.3 Å². The normalized spacial score (nSPS) is 10.4. The average molecular weight is 346 g/mol. The van der Waals surface area contributed by atoms with Crippen molar-refractivity contribution in [2.24, 2.45) is 0 Å². The number of nitrogens with one attached hydrogen (secondary N) is 2. The van der Waals surface area contributed by atoms with Crippen LogP contribution < -0.4 is 10.6 Å². The molecule has 1 amide bonds. The van der Waals surface area contributed by atoms with Gasteiger partial charge in [-0.1, -0.05) is 42.0 Å². The Kier molecular flexibility index (Phi) is 5.27. The summed E-state index contributed by atoms with van der Waals surface area (Å²) in [5.41, 5.74) is 5.89. The van der Waals surface area contributed by atoms with Gasteiger partial charge in [-0.2, -0.15) is 0 Å². The molecule has 0 saturated heterocycles. The van der Waals surface area contributed by atoms with Gasteiger partial charge in [0.05, 0.1) is 5.56 Å². The largest absolute Gasteiger partial charge is 0.348 e. The highest BCUT2D eigenvalue weighted by Crippen LogP contribution is 2.19. The smallest absolute Gasteiger partial charge is 0.254 e.